The first-order valence-corrected chi connectivity index (χ1v) is 4.26. The Hall–Kier alpha value is -1.07. The van der Waals surface area contributed by atoms with Crippen molar-refractivity contribution in [3.05, 3.63) is 33.6 Å². The third-order valence-electron chi connectivity index (χ3n) is 2.12. The Morgan fingerprint density at radius 1 is 1.54 bits per heavy atom. The molecule has 0 aliphatic carbocycles. The van der Waals surface area contributed by atoms with Gasteiger partial charge in [0.05, 0.1) is 17.5 Å². The van der Waals surface area contributed by atoms with E-state index in [1.807, 2.05) is 13.0 Å². The van der Waals surface area contributed by atoms with Gasteiger partial charge in [0.15, 0.2) is 0 Å². The van der Waals surface area contributed by atoms with Crippen LogP contribution in [0.2, 0.25) is 5.02 Å². The zero-order chi connectivity index (χ0) is 10.0. The van der Waals surface area contributed by atoms with E-state index < -0.39 is 5.82 Å². The van der Waals surface area contributed by atoms with Crippen molar-refractivity contribution >= 4 is 11.6 Å². The summed E-state index contributed by atoms with van der Waals surface area (Å²) in [7, 11) is 0. The summed E-state index contributed by atoms with van der Waals surface area (Å²) in [5, 5.41) is 8.59. The van der Waals surface area contributed by atoms with E-state index in [2.05, 4.69) is 0 Å². The molecule has 1 aromatic rings. The van der Waals surface area contributed by atoms with E-state index in [9.17, 15) is 4.39 Å². The van der Waals surface area contributed by atoms with Crippen LogP contribution in [0.25, 0.3) is 0 Å². The molecule has 0 saturated heterocycles. The standard InChI is InChI=1S/C10H9ClFN/c1-6-5-9(12)10(11)8(3-4-13)7(6)2/h5H,3H2,1-2H3. The number of hydrogen-bond acceptors (Lipinski definition) is 1. The number of benzene rings is 1. The highest BCUT2D eigenvalue weighted by Gasteiger charge is 2.11. The second-order valence-electron chi connectivity index (χ2n) is 2.93. The molecule has 13 heavy (non-hydrogen) atoms. The molecule has 0 aliphatic heterocycles. The highest BCUT2D eigenvalue weighted by Crippen LogP contribution is 2.26. The smallest absolute Gasteiger partial charge is 0.142 e. The normalized spacial score (nSPS) is 9.77. The summed E-state index contributed by atoms with van der Waals surface area (Å²) in [6, 6.07) is 3.36. The Morgan fingerprint density at radius 2 is 2.15 bits per heavy atom. The molecule has 68 valence electrons. The van der Waals surface area contributed by atoms with E-state index in [-0.39, 0.29) is 11.4 Å². The van der Waals surface area contributed by atoms with Crippen LogP contribution in [0.15, 0.2) is 6.07 Å². The SMILES string of the molecule is Cc1cc(F)c(Cl)c(CC#N)c1C. The molecule has 0 atom stereocenters. The molecule has 1 nitrogen and oxygen atoms in total. The van der Waals surface area contributed by atoms with Crippen LogP contribution in [0.1, 0.15) is 16.7 Å². The summed E-state index contributed by atoms with van der Waals surface area (Å²) in [6.45, 7) is 3.64. The van der Waals surface area contributed by atoms with E-state index >= 15 is 0 Å². The molecule has 0 saturated carbocycles. The van der Waals surface area contributed by atoms with Crippen LogP contribution in [-0.4, -0.2) is 0 Å². The number of aryl methyl sites for hydroxylation is 1. The summed E-state index contributed by atoms with van der Waals surface area (Å²) in [6.07, 6.45) is 0.156. The van der Waals surface area contributed by atoms with E-state index in [1.165, 1.54) is 6.07 Å². The van der Waals surface area contributed by atoms with Crippen LogP contribution in [0, 0.1) is 31.0 Å². The van der Waals surface area contributed by atoms with Gasteiger partial charge in [-0.2, -0.15) is 5.26 Å². The minimum Gasteiger partial charge on any atom is -0.205 e. The molecule has 0 fully saturated rings. The van der Waals surface area contributed by atoms with Gasteiger partial charge in [0.25, 0.3) is 0 Å². The predicted octanol–water partition coefficient (Wildman–Crippen LogP) is 3.16. The summed E-state index contributed by atoms with van der Waals surface area (Å²) in [4.78, 5) is 0. The number of rotatable bonds is 1. The third-order valence-corrected chi connectivity index (χ3v) is 2.53. The van der Waals surface area contributed by atoms with Crippen molar-refractivity contribution in [2.45, 2.75) is 20.3 Å². The van der Waals surface area contributed by atoms with E-state index in [1.54, 1.807) is 6.92 Å². The molecule has 0 aromatic heterocycles. The first-order valence-electron chi connectivity index (χ1n) is 3.89. The molecular formula is C10H9ClFN. The van der Waals surface area contributed by atoms with Crippen LogP contribution in [-0.2, 0) is 6.42 Å². The first kappa shape index (κ1) is 10.0. The van der Waals surface area contributed by atoms with Gasteiger partial charge < -0.3 is 0 Å². The third kappa shape index (κ3) is 1.81. The maximum Gasteiger partial charge on any atom is 0.142 e. The summed E-state index contributed by atoms with van der Waals surface area (Å²) in [5.41, 5.74) is 2.32. The van der Waals surface area contributed by atoms with Crippen molar-refractivity contribution < 1.29 is 4.39 Å². The highest BCUT2D eigenvalue weighted by atomic mass is 35.5. The van der Waals surface area contributed by atoms with Gasteiger partial charge >= 0.3 is 0 Å². The van der Waals surface area contributed by atoms with Gasteiger partial charge in [0, 0.05) is 0 Å². The second kappa shape index (κ2) is 3.76. The van der Waals surface area contributed by atoms with Crippen LogP contribution in [0.3, 0.4) is 0 Å². The fourth-order valence-corrected chi connectivity index (χ4v) is 1.46. The molecule has 0 N–H and O–H groups in total. The summed E-state index contributed by atoms with van der Waals surface area (Å²) >= 11 is 5.72. The predicted molar refractivity (Wildman–Crippen MR) is 50.2 cm³/mol. The highest BCUT2D eigenvalue weighted by molar-refractivity contribution is 6.31. The van der Waals surface area contributed by atoms with Crippen molar-refractivity contribution in [2.75, 3.05) is 0 Å². The molecule has 0 aliphatic rings. The minimum absolute atomic E-state index is 0.0738. The number of nitrogens with zero attached hydrogens (tertiary/aromatic N) is 1. The van der Waals surface area contributed by atoms with Gasteiger partial charge in [-0.15, -0.1) is 0 Å². The number of halogens is 2. The summed E-state index contributed by atoms with van der Waals surface area (Å²) in [5.74, 6) is -0.449. The Balaban J connectivity index is 3.39. The molecule has 0 heterocycles. The van der Waals surface area contributed by atoms with E-state index in [0.29, 0.717) is 5.56 Å². The lowest BCUT2D eigenvalue weighted by molar-refractivity contribution is 0.624. The van der Waals surface area contributed by atoms with Crippen LogP contribution in [0.5, 0.6) is 0 Å². The second-order valence-corrected chi connectivity index (χ2v) is 3.31. The Kier molecular flexibility index (Phi) is 2.90. The van der Waals surface area contributed by atoms with Crippen LogP contribution < -0.4 is 0 Å². The quantitative estimate of drug-likeness (QED) is 0.679. The Bertz CT molecular complexity index is 353. The van der Waals surface area contributed by atoms with Gasteiger partial charge in [-0.25, -0.2) is 4.39 Å². The van der Waals surface area contributed by atoms with Gasteiger partial charge in [0.2, 0.25) is 0 Å². The molecule has 0 spiro atoms. The monoisotopic (exact) mass is 197 g/mol. The van der Waals surface area contributed by atoms with Crippen molar-refractivity contribution in [3.63, 3.8) is 0 Å². The van der Waals surface area contributed by atoms with Gasteiger partial charge in [-0.1, -0.05) is 11.6 Å². The molecule has 0 amide bonds. The lowest BCUT2D eigenvalue weighted by atomic mass is 10.0. The number of hydrogen-bond donors (Lipinski definition) is 0. The fraction of sp³-hybridized carbons (Fsp3) is 0.300. The maximum absolute atomic E-state index is 13.1. The lowest BCUT2D eigenvalue weighted by Gasteiger charge is -2.08. The zero-order valence-corrected chi connectivity index (χ0v) is 8.24. The van der Waals surface area contributed by atoms with Gasteiger partial charge in [-0.3, -0.25) is 0 Å². The van der Waals surface area contributed by atoms with Crippen molar-refractivity contribution in [1.82, 2.24) is 0 Å². The van der Waals surface area contributed by atoms with Crippen LogP contribution >= 0.6 is 11.6 Å². The van der Waals surface area contributed by atoms with Gasteiger partial charge in [0.1, 0.15) is 5.82 Å². The number of nitriles is 1. The molecular weight excluding hydrogens is 189 g/mol. The summed E-state index contributed by atoms with van der Waals surface area (Å²) < 4.78 is 13.1. The van der Waals surface area contributed by atoms with E-state index in [4.69, 9.17) is 16.9 Å². The van der Waals surface area contributed by atoms with Crippen molar-refractivity contribution in [1.29, 1.82) is 5.26 Å². The zero-order valence-electron chi connectivity index (χ0n) is 7.49. The molecule has 1 aromatic carbocycles. The largest absolute Gasteiger partial charge is 0.205 e. The Labute approximate surface area is 81.8 Å². The average Bonchev–Trinajstić information content (AvgIpc) is 2.09. The first-order chi connectivity index (χ1) is 6.07. The topological polar surface area (TPSA) is 23.8 Å². The molecule has 1 rings (SSSR count). The van der Waals surface area contributed by atoms with Crippen molar-refractivity contribution in [2.24, 2.45) is 0 Å². The van der Waals surface area contributed by atoms with Gasteiger partial charge in [-0.05, 0) is 36.6 Å². The molecule has 0 unspecified atom stereocenters. The van der Waals surface area contributed by atoms with Crippen molar-refractivity contribution in [3.8, 4) is 6.07 Å². The minimum atomic E-state index is -0.449. The molecule has 0 radical (unpaired) electrons. The average molecular weight is 198 g/mol. The van der Waals surface area contributed by atoms with E-state index in [0.717, 1.165) is 11.1 Å². The van der Waals surface area contributed by atoms with Crippen LogP contribution in [0.4, 0.5) is 4.39 Å². The Morgan fingerprint density at radius 3 is 2.69 bits per heavy atom. The maximum atomic E-state index is 13.1. The molecule has 3 heteroatoms. The lowest BCUT2D eigenvalue weighted by Crippen LogP contribution is -1.95. The fourth-order valence-electron chi connectivity index (χ4n) is 1.20. The molecule has 0 bridgehead atoms.